The summed E-state index contributed by atoms with van der Waals surface area (Å²) in [6, 6.07) is 14.0. The number of pyridine rings is 1. The van der Waals surface area contributed by atoms with Crippen LogP contribution in [0.15, 0.2) is 42.5 Å². The molecule has 78 valence electrons. The highest BCUT2D eigenvalue weighted by Gasteiger charge is 2.07. The first-order valence-corrected chi connectivity index (χ1v) is 5.59. The Morgan fingerprint density at radius 1 is 0.938 bits per heavy atom. The third-order valence-corrected chi connectivity index (χ3v) is 3.24. The first kappa shape index (κ1) is 9.61. The molecule has 0 atom stereocenters. The lowest BCUT2D eigenvalue weighted by molar-refractivity contribution is 1.46. The maximum absolute atomic E-state index is 6.44. The second-order valence-corrected chi connectivity index (χ2v) is 4.29. The van der Waals surface area contributed by atoms with Crippen LogP contribution < -0.4 is 0 Å². The predicted octanol–water partition coefficient (Wildman–Crippen LogP) is 4.35. The second kappa shape index (κ2) is 3.46. The SMILES string of the molecule is Cc1cccc2nc3ccccc3c(Cl)c12. The molecule has 0 saturated carbocycles. The Hall–Kier alpha value is -1.60. The van der Waals surface area contributed by atoms with Gasteiger partial charge in [-0.05, 0) is 24.6 Å². The molecule has 0 amide bonds. The smallest absolute Gasteiger partial charge is 0.0727 e. The number of rotatable bonds is 0. The highest BCUT2D eigenvalue weighted by molar-refractivity contribution is 6.40. The molecule has 0 aliphatic heterocycles. The summed E-state index contributed by atoms with van der Waals surface area (Å²) in [5.41, 5.74) is 3.08. The quantitative estimate of drug-likeness (QED) is 0.521. The van der Waals surface area contributed by atoms with E-state index >= 15 is 0 Å². The molecule has 0 bridgehead atoms. The largest absolute Gasteiger partial charge is 0.248 e. The van der Waals surface area contributed by atoms with Crippen LogP contribution in [-0.2, 0) is 0 Å². The van der Waals surface area contributed by atoms with Crippen LogP contribution in [0.2, 0.25) is 5.02 Å². The van der Waals surface area contributed by atoms with Crippen molar-refractivity contribution in [2.75, 3.05) is 0 Å². The van der Waals surface area contributed by atoms with Gasteiger partial charge < -0.3 is 0 Å². The Labute approximate surface area is 98.7 Å². The highest BCUT2D eigenvalue weighted by Crippen LogP contribution is 2.31. The van der Waals surface area contributed by atoms with Crippen LogP contribution >= 0.6 is 11.6 Å². The van der Waals surface area contributed by atoms with Crippen molar-refractivity contribution in [1.29, 1.82) is 0 Å². The molecule has 0 N–H and O–H groups in total. The maximum atomic E-state index is 6.44. The summed E-state index contributed by atoms with van der Waals surface area (Å²) in [7, 11) is 0. The number of nitrogens with zero attached hydrogens (tertiary/aromatic N) is 1. The summed E-state index contributed by atoms with van der Waals surface area (Å²) in [5, 5.41) is 2.88. The van der Waals surface area contributed by atoms with Gasteiger partial charge in [-0.2, -0.15) is 0 Å². The number of benzene rings is 2. The van der Waals surface area contributed by atoms with Crippen LogP contribution in [0, 0.1) is 6.92 Å². The zero-order valence-electron chi connectivity index (χ0n) is 8.87. The maximum Gasteiger partial charge on any atom is 0.0727 e. The van der Waals surface area contributed by atoms with Crippen molar-refractivity contribution in [3.63, 3.8) is 0 Å². The molecule has 0 radical (unpaired) electrons. The first-order chi connectivity index (χ1) is 7.77. The summed E-state index contributed by atoms with van der Waals surface area (Å²) in [6.45, 7) is 2.06. The Morgan fingerprint density at radius 3 is 2.56 bits per heavy atom. The van der Waals surface area contributed by atoms with E-state index in [4.69, 9.17) is 11.6 Å². The number of aryl methyl sites for hydroxylation is 1. The van der Waals surface area contributed by atoms with Gasteiger partial charge in [0.25, 0.3) is 0 Å². The van der Waals surface area contributed by atoms with Crippen molar-refractivity contribution in [2.45, 2.75) is 6.92 Å². The lowest BCUT2D eigenvalue weighted by Gasteiger charge is -2.07. The molecule has 1 nitrogen and oxygen atoms in total. The zero-order valence-corrected chi connectivity index (χ0v) is 9.62. The molecule has 2 heteroatoms. The molecule has 0 fully saturated rings. The summed E-state index contributed by atoms with van der Waals surface area (Å²) < 4.78 is 0. The minimum Gasteiger partial charge on any atom is -0.248 e. The van der Waals surface area contributed by atoms with Crippen molar-refractivity contribution < 1.29 is 0 Å². The summed E-state index contributed by atoms with van der Waals surface area (Å²) in [5.74, 6) is 0. The third kappa shape index (κ3) is 1.29. The normalized spacial score (nSPS) is 11.1. The molecule has 0 saturated heterocycles. The number of halogens is 1. The zero-order chi connectivity index (χ0) is 11.1. The average Bonchev–Trinajstić information content (AvgIpc) is 2.29. The molecule has 2 aromatic carbocycles. The van der Waals surface area contributed by atoms with Crippen LogP contribution in [-0.4, -0.2) is 4.98 Å². The average molecular weight is 228 g/mol. The van der Waals surface area contributed by atoms with Crippen molar-refractivity contribution in [3.05, 3.63) is 53.1 Å². The molecular formula is C14H10ClN. The van der Waals surface area contributed by atoms with Gasteiger partial charge >= 0.3 is 0 Å². The van der Waals surface area contributed by atoms with Gasteiger partial charge in [0, 0.05) is 10.8 Å². The molecule has 16 heavy (non-hydrogen) atoms. The minimum atomic E-state index is 0.804. The lowest BCUT2D eigenvalue weighted by atomic mass is 10.1. The third-order valence-electron chi connectivity index (χ3n) is 2.85. The van der Waals surface area contributed by atoms with E-state index in [1.54, 1.807) is 0 Å². The molecule has 0 aliphatic rings. The number of para-hydroxylation sites is 1. The fourth-order valence-electron chi connectivity index (χ4n) is 2.05. The van der Waals surface area contributed by atoms with Gasteiger partial charge in [-0.25, -0.2) is 4.98 Å². The van der Waals surface area contributed by atoms with E-state index in [9.17, 15) is 0 Å². The lowest BCUT2D eigenvalue weighted by Crippen LogP contribution is -1.86. The molecule has 0 spiro atoms. The van der Waals surface area contributed by atoms with Gasteiger partial charge in [0.05, 0.1) is 16.1 Å². The monoisotopic (exact) mass is 227 g/mol. The number of fused-ring (bicyclic) bond motifs is 2. The summed E-state index contributed by atoms with van der Waals surface area (Å²) in [4.78, 5) is 4.61. The Balaban J connectivity index is 2.62. The molecule has 3 rings (SSSR count). The second-order valence-electron chi connectivity index (χ2n) is 3.91. The number of hydrogen-bond acceptors (Lipinski definition) is 1. The highest BCUT2D eigenvalue weighted by atomic mass is 35.5. The minimum absolute atomic E-state index is 0.804. The molecule has 0 unspecified atom stereocenters. The van der Waals surface area contributed by atoms with Gasteiger partial charge in [-0.3, -0.25) is 0 Å². The van der Waals surface area contributed by atoms with E-state index in [1.165, 1.54) is 5.56 Å². The van der Waals surface area contributed by atoms with Crippen molar-refractivity contribution in [3.8, 4) is 0 Å². The van der Waals surface area contributed by atoms with Crippen LogP contribution in [0.4, 0.5) is 0 Å². The van der Waals surface area contributed by atoms with E-state index in [1.807, 2.05) is 36.4 Å². The van der Waals surface area contributed by atoms with Gasteiger partial charge in [0.15, 0.2) is 0 Å². The number of hydrogen-bond donors (Lipinski definition) is 0. The van der Waals surface area contributed by atoms with Gasteiger partial charge in [-0.15, -0.1) is 0 Å². The molecular weight excluding hydrogens is 218 g/mol. The molecule has 1 aromatic heterocycles. The molecule has 1 heterocycles. The fraction of sp³-hybridized carbons (Fsp3) is 0.0714. The van der Waals surface area contributed by atoms with Crippen LogP contribution in [0.3, 0.4) is 0 Å². The molecule has 0 aliphatic carbocycles. The molecule has 3 aromatic rings. The van der Waals surface area contributed by atoms with Gasteiger partial charge in [0.1, 0.15) is 0 Å². The van der Waals surface area contributed by atoms with Gasteiger partial charge in [0.2, 0.25) is 0 Å². The standard InChI is InChI=1S/C14H10ClN/c1-9-5-4-8-12-13(9)14(15)10-6-2-3-7-11(10)16-12/h2-8H,1H3. The van der Waals surface area contributed by atoms with E-state index in [0.717, 1.165) is 26.8 Å². The van der Waals surface area contributed by atoms with E-state index in [2.05, 4.69) is 18.0 Å². The van der Waals surface area contributed by atoms with Crippen molar-refractivity contribution in [1.82, 2.24) is 4.98 Å². The number of aromatic nitrogens is 1. The van der Waals surface area contributed by atoms with Crippen LogP contribution in [0.5, 0.6) is 0 Å². The predicted molar refractivity (Wildman–Crippen MR) is 69.0 cm³/mol. The first-order valence-electron chi connectivity index (χ1n) is 5.21. The van der Waals surface area contributed by atoms with Crippen LogP contribution in [0.1, 0.15) is 5.56 Å². The van der Waals surface area contributed by atoms with E-state index in [-0.39, 0.29) is 0 Å². The van der Waals surface area contributed by atoms with Crippen molar-refractivity contribution in [2.24, 2.45) is 0 Å². The Bertz CT molecular complexity index is 689. The van der Waals surface area contributed by atoms with Gasteiger partial charge in [-0.1, -0.05) is 41.9 Å². The summed E-state index contributed by atoms with van der Waals surface area (Å²) >= 11 is 6.44. The Morgan fingerprint density at radius 2 is 1.69 bits per heavy atom. The summed E-state index contributed by atoms with van der Waals surface area (Å²) in [6.07, 6.45) is 0. The van der Waals surface area contributed by atoms with E-state index < -0.39 is 0 Å². The Kier molecular flexibility index (Phi) is 2.08. The van der Waals surface area contributed by atoms with Crippen molar-refractivity contribution >= 4 is 33.4 Å². The topological polar surface area (TPSA) is 12.9 Å². The fourth-order valence-corrected chi connectivity index (χ4v) is 2.46. The van der Waals surface area contributed by atoms with Crippen LogP contribution in [0.25, 0.3) is 21.8 Å². The van der Waals surface area contributed by atoms with E-state index in [0.29, 0.717) is 0 Å².